The molecule has 21 heavy (non-hydrogen) atoms. The summed E-state index contributed by atoms with van der Waals surface area (Å²) in [5.74, 6) is -1.30. The van der Waals surface area contributed by atoms with Gasteiger partial charge in [0, 0.05) is 6.42 Å². The molecule has 7 nitrogen and oxygen atoms in total. The van der Waals surface area contributed by atoms with Gasteiger partial charge in [-0.15, -0.1) is 0 Å². The number of rotatable bonds is 8. The number of carbonyl (C=O) groups excluding carboxylic acids is 3. The van der Waals surface area contributed by atoms with E-state index < -0.39 is 23.4 Å². The summed E-state index contributed by atoms with van der Waals surface area (Å²) in [7, 11) is 3.47. The molecule has 0 aromatic heterocycles. The molecule has 7 heteroatoms. The Morgan fingerprint density at radius 2 is 1.86 bits per heavy atom. The first-order valence-electron chi connectivity index (χ1n) is 6.75. The fraction of sp³-hybridized carbons (Fsp3) is 0.714. The fourth-order valence-corrected chi connectivity index (χ4v) is 1.51. The van der Waals surface area contributed by atoms with Gasteiger partial charge in [0.25, 0.3) is 0 Å². The number of nitrogens with zero attached hydrogens (tertiary/aromatic N) is 1. The highest BCUT2D eigenvalue weighted by atomic mass is 16.6. The monoisotopic (exact) mass is 299 g/mol. The molecular weight excluding hydrogens is 274 g/mol. The average molecular weight is 299 g/mol. The van der Waals surface area contributed by atoms with Crippen LogP contribution in [0.3, 0.4) is 0 Å². The van der Waals surface area contributed by atoms with Crippen LogP contribution in [0.4, 0.5) is 0 Å². The smallest absolute Gasteiger partial charge is 0.329 e. The summed E-state index contributed by atoms with van der Waals surface area (Å²) < 4.78 is 5.24. The van der Waals surface area contributed by atoms with Gasteiger partial charge in [-0.05, 0) is 41.3 Å². The molecule has 0 aromatic carbocycles. The van der Waals surface area contributed by atoms with Crippen molar-refractivity contribution < 1.29 is 19.1 Å². The SMILES string of the molecule is CN(C)CC(=O)NC(CCC(=O)C=N)C(=O)OC(C)(C)C. The van der Waals surface area contributed by atoms with E-state index in [1.807, 2.05) is 0 Å². The van der Waals surface area contributed by atoms with Crippen molar-refractivity contribution in [1.29, 1.82) is 5.41 Å². The summed E-state index contributed by atoms with van der Waals surface area (Å²) in [5, 5.41) is 9.42. The van der Waals surface area contributed by atoms with Gasteiger partial charge in [0.1, 0.15) is 11.6 Å². The molecule has 0 bridgehead atoms. The third-order valence-corrected chi connectivity index (χ3v) is 2.33. The first-order chi connectivity index (χ1) is 9.55. The van der Waals surface area contributed by atoms with Crippen molar-refractivity contribution in [1.82, 2.24) is 10.2 Å². The minimum atomic E-state index is -0.888. The molecule has 0 aliphatic rings. The number of amides is 1. The zero-order chi connectivity index (χ0) is 16.6. The first-order valence-corrected chi connectivity index (χ1v) is 6.75. The van der Waals surface area contributed by atoms with Gasteiger partial charge in [0.2, 0.25) is 5.91 Å². The standard InChI is InChI=1S/C14H25N3O4/c1-14(2,3)21-13(20)11(7-6-10(18)8-15)16-12(19)9-17(4)5/h8,11,15H,6-7,9H2,1-5H3,(H,16,19). The summed E-state index contributed by atoms with van der Waals surface area (Å²) in [4.78, 5) is 36.7. The van der Waals surface area contributed by atoms with Crippen LogP contribution in [-0.4, -0.2) is 61.1 Å². The minimum absolute atomic E-state index is 0.00958. The quantitative estimate of drug-likeness (QED) is 0.498. The molecule has 0 rings (SSSR count). The topological polar surface area (TPSA) is 99.6 Å². The highest BCUT2D eigenvalue weighted by molar-refractivity contribution is 6.26. The molecule has 0 aliphatic heterocycles. The van der Waals surface area contributed by atoms with E-state index in [-0.39, 0.29) is 25.3 Å². The molecule has 2 N–H and O–H groups in total. The van der Waals surface area contributed by atoms with Crippen molar-refractivity contribution in [3.63, 3.8) is 0 Å². The lowest BCUT2D eigenvalue weighted by atomic mass is 10.1. The number of likely N-dealkylation sites (N-methyl/N-ethyl adjacent to an activating group) is 1. The Kier molecular flexibility index (Phi) is 7.80. The summed E-state index contributed by atoms with van der Waals surface area (Å²) in [6, 6.07) is -0.888. The number of carbonyl (C=O) groups is 3. The Labute approximate surface area is 125 Å². The van der Waals surface area contributed by atoms with Gasteiger partial charge in [-0.2, -0.15) is 0 Å². The third kappa shape index (κ3) is 9.73. The van der Waals surface area contributed by atoms with Gasteiger partial charge in [0.05, 0.1) is 12.8 Å². The van der Waals surface area contributed by atoms with Crippen LogP contribution in [0.25, 0.3) is 0 Å². The Balaban J connectivity index is 4.75. The Bertz CT molecular complexity index is 400. The molecule has 0 spiro atoms. The third-order valence-electron chi connectivity index (χ3n) is 2.33. The highest BCUT2D eigenvalue weighted by Gasteiger charge is 2.27. The summed E-state index contributed by atoms with van der Waals surface area (Å²) in [5.41, 5.74) is -0.673. The highest BCUT2D eigenvalue weighted by Crippen LogP contribution is 2.11. The van der Waals surface area contributed by atoms with E-state index in [2.05, 4.69) is 5.32 Å². The zero-order valence-electron chi connectivity index (χ0n) is 13.4. The van der Waals surface area contributed by atoms with E-state index in [9.17, 15) is 14.4 Å². The number of hydrogen-bond donors (Lipinski definition) is 2. The summed E-state index contributed by atoms with van der Waals surface area (Å²) >= 11 is 0. The lowest BCUT2D eigenvalue weighted by Crippen LogP contribution is -2.47. The molecule has 120 valence electrons. The van der Waals surface area contributed by atoms with Gasteiger partial charge in [-0.25, -0.2) is 4.79 Å². The molecule has 1 unspecified atom stereocenters. The van der Waals surface area contributed by atoms with E-state index in [1.54, 1.807) is 39.8 Å². The molecular formula is C14H25N3O4. The van der Waals surface area contributed by atoms with E-state index in [1.165, 1.54) is 0 Å². The van der Waals surface area contributed by atoms with Gasteiger partial charge < -0.3 is 20.4 Å². The normalized spacial score (nSPS) is 12.7. The summed E-state index contributed by atoms with van der Waals surface area (Å²) in [6.07, 6.45) is 0.825. The maximum absolute atomic E-state index is 12.1. The summed E-state index contributed by atoms with van der Waals surface area (Å²) in [6.45, 7) is 5.32. The van der Waals surface area contributed by atoms with Crippen molar-refractivity contribution in [3.05, 3.63) is 0 Å². The van der Waals surface area contributed by atoms with Crippen LogP contribution in [0.5, 0.6) is 0 Å². The largest absolute Gasteiger partial charge is 0.458 e. The number of ether oxygens (including phenoxy) is 1. The van der Waals surface area contributed by atoms with Crippen LogP contribution in [0.1, 0.15) is 33.6 Å². The minimum Gasteiger partial charge on any atom is -0.458 e. The van der Waals surface area contributed by atoms with Gasteiger partial charge >= 0.3 is 5.97 Å². The first kappa shape index (κ1) is 19.2. The number of Topliss-reactive ketones (excluding diaryl/α,β-unsaturated/α-hetero) is 1. The number of esters is 1. The predicted molar refractivity (Wildman–Crippen MR) is 79.4 cm³/mol. The van der Waals surface area contributed by atoms with Gasteiger partial charge in [-0.3, -0.25) is 9.59 Å². The molecule has 0 saturated heterocycles. The molecule has 0 heterocycles. The Morgan fingerprint density at radius 1 is 1.29 bits per heavy atom. The van der Waals surface area contributed by atoms with Crippen molar-refractivity contribution in [2.75, 3.05) is 20.6 Å². The average Bonchev–Trinajstić information content (AvgIpc) is 2.30. The Morgan fingerprint density at radius 3 is 2.29 bits per heavy atom. The second kappa shape index (κ2) is 8.51. The number of hydrogen-bond acceptors (Lipinski definition) is 6. The molecule has 1 atom stereocenters. The Hall–Kier alpha value is -1.76. The van der Waals surface area contributed by atoms with Crippen LogP contribution < -0.4 is 5.32 Å². The van der Waals surface area contributed by atoms with E-state index >= 15 is 0 Å². The van der Waals surface area contributed by atoms with Crippen molar-refractivity contribution in [3.8, 4) is 0 Å². The van der Waals surface area contributed by atoms with Crippen LogP contribution >= 0.6 is 0 Å². The zero-order valence-corrected chi connectivity index (χ0v) is 13.4. The van der Waals surface area contributed by atoms with E-state index in [4.69, 9.17) is 10.1 Å². The number of ketones is 1. The molecule has 0 aromatic rings. The second-order valence-corrected chi connectivity index (χ2v) is 6.04. The van der Waals surface area contributed by atoms with Gasteiger partial charge in [-0.1, -0.05) is 0 Å². The van der Waals surface area contributed by atoms with Crippen LogP contribution in [-0.2, 0) is 19.1 Å². The predicted octanol–water partition coefficient (Wildman–Crippen LogP) is 0.373. The second-order valence-electron chi connectivity index (χ2n) is 6.04. The van der Waals surface area contributed by atoms with Crippen LogP contribution in [0, 0.1) is 5.41 Å². The van der Waals surface area contributed by atoms with E-state index in [0.717, 1.165) is 0 Å². The van der Waals surface area contributed by atoms with Gasteiger partial charge in [0.15, 0.2) is 5.78 Å². The maximum atomic E-state index is 12.1. The number of nitrogens with one attached hydrogen (secondary N) is 2. The van der Waals surface area contributed by atoms with Crippen molar-refractivity contribution in [2.45, 2.75) is 45.3 Å². The lowest BCUT2D eigenvalue weighted by Gasteiger charge is -2.24. The maximum Gasteiger partial charge on any atom is 0.329 e. The van der Waals surface area contributed by atoms with Crippen molar-refractivity contribution >= 4 is 23.9 Å². The van der Waals surface area contributed by atoms with Crippen molar-refractivity contribution in [2.24, 2.45) is 0 Å². The molecule has 0 fully saturated rings. The van der Waals surface area contributed by atoms with Crippen LogP contribution in [0.15, 0.2) is 0 Å². The molecule has 0 radical (unpaired) electrons. The molecule has 1 amide bonds. The van der Waals surface area contributed by atoms with Crippen LogP contribution in [0.2, 0.25) is 0 Å². The fourth-order valence-electron chi connectivity index (χ4n) is 1.51. The molecule has 0 aliphatic carbocycles. The lowest BCUT2D eigenvalue weighted by molar-refractivity contribution is -0.158. The molecule has 0 saturated carbocycles. The van der Waals surface area contributed by atoms with E-state index in [0.29, 0.717) is 6.21 Å².